The minimum Gasteiger partial charge on any atom is -0.494 e. The van der Waals surface area contributed by atoms with Gasteiger partial charge in [-0.1, -0.05) is 30.7 Å². The van der Waals surface area contributed by atoms with E-state index in [1.165, 1.54) is 12.1 Å². The molecular formula is C16H17ClFNO. The molecular weight excluding hydrogens is 277 g/mol. The van der Waals surface area contributed by atoms with E-state index in [2.05, 4.69) is 0 Å². The molecule has 0 bridgehead atoms. The molecule has 2 aromatic carbocycles. The predicted molar refractivity (Wildman–Crippen MR) is 79.7 cm³/mol. The average Bonchev–Trinajstić information content (AvgIpc) is 2.47. The van der Waals surface area contributed by atoms with Crippen molar-refractivity contribution in [2.45, 2.75) is 19.4 Å². The van der Waals surface area contributed by atoms with Crippen LogP contribution in [-0.2, 0) is 0 Å². The zero-order valence-corrected chi connectivity index (χ0v) is 12.0. The first-order valence-corrected chi connectivity index (χ1v) is 6.93. The highest BCUT2D eigenvalue weighted by molar-refractivity contribution is 6.30. The first kappa shape index (κ1) is 14.8. The summed E-state index contributed by atoms with van der Waals surface area (Å²) in [5.41, 5.74) is 7.30. The Hall–Kier alpha value is -1.58. The smallest absolute Gasteiger partial charge is 0.128 e. The number of benzene rings is 2. The van der Waals surface area contributed by atoms with E-state index in [0.717, 1.165) is 17.7 Å². The fraction of sp³-hybridized carbons (Fsp3) is 0.250. The predicted octanol–water partition coefficient (Wildman–Crippen LogP) is 4.32. The van der Waals surface area contributed by atoms with Gasteiger partial charge < -0.3 is 10.5 Å². The van der Waals surface area contributed by atoms with Crippen molar-refractivity contribution in [3.05, 3.63) is 64.4 Å². The van der Waals surface area contributed by atoms with Gasteiger partial charge in [0.2, 0.25) is 0 Å². The third-order valence-corrected chi connectivity index (χ3v) is 3.24. The van der Waals surface area contributed by atoms with Crippen LogP contribution in [0.4, 0.5) is 4.39 Å². The molecule has 106 valence electrons. The van der Waals surface area contributed by atoms with Crippen LogP contribution in [0.15, 0.2) is 42.5 Å². The third kappa shape index (κ3) is 3.50. The molecule has 1 atom stereocenters. The quantitative estimate of drug-likeness (QED) is 0.891. The fourth-order valence-electron chi connectivity index (χ4n) is 1.92. The molecule has 2 N–H and O–H groups in total. The minimum atomic E-state index is -0.547. The van der Waals surface area contributed by atoms with Crippen molar-refractivity contribution in [2.75, 3.05) is 6.61 Å². The molecule has 0 aliphatic carbocycles. The Morgan fingerprint density at radius 2 is 1.90 bits per heavy atom. The molecule has 2 rings (SSSR count). The van der Waals surface area contributed by atoms with Gasteiger partial charge in [0.25, 0.3) is 0 Å². The normalized spacial score (nSPS) is 12.2. The monoisotopic (exact) mass is 293 g/mol. The maximum absolute atomic E-state index is 13.8. The van der Waals surface area contributed by atoms with Crippen LogP contribution in [0.3, 0.4) is 0 Å². The molecule has 2 nitrogen and oxygen atoms in total. The lowest BCUT2D eigenvalue weighted by atomic mass is 9.99. The summed E-state index contributed by atoms with van der Waals surface area (Å²) in [6.45, 7) is 2.72. The Labute approximate surface area is 123 Å². The Bertz CT molecular complexity index is 571. The summed E-state index contributed by atoms with van der Waals surface area (Å²) in [5, 5.41) is 0.472. The van der Waals surface area contributed by atoms with E-state index in [1.54, 1.807) is 6.07 Å². The van der Waals surface area contributed by atoms with Gasteiger partial charge in [-0.2, -0.15) is 0 Å². The van der Waals surface area contributed by atoms with E-state index in [9.17, 15) is 4.39 Å². The van der Waals surface area contributed by atoms with Crippen molar-refractivity contribution in [1.82, 2.24) is 0 Å². The standard InChI is InChI=1S/C16H17ClFNO/c1-2-9-20-13-6-3-11(4-7-13)16(19)14-10-12(17)5-8-15(14)18/h3-8,10,16H,2,9,19H2,1H3. The summed E-state index contributed by atoms with van der Waals surface area (Å²) in [6.07, 6.45) is 0.953. The Balaban J connectivity index is 2.20. The zero-order chi connectivity index (χ0) is 14.5. The molecule has 4 heteroatoms. The summed E-state index contributed by atoms with van der Waals surface area (Å²) >= 11 is 5.89. The first-order valence-electron chi connectivity index (χ1n) is 6.55. The molecule has 20 heavy (non-hydrogen) atoms. The topological polar surface area (TPSA) is 35.2 Å². The van der Waals surface area contributed by atoms with Gasteiger partial charge in [-0.25, -0.2) is 4.39 Å². The van der Waals surface area contributed by atoms with E-state index >= 15 is 0 Å². The molecule has 0 aromatic heterocycles. The SMILES string of the molecule is CCCOc1ccc(C(N)c2cc(Cl)ccc2F)cc1. The van der Waals surface area contributed by atoms with Crippen LogP contribution in [0.5, 0.6) is 5.75 Å². The van der Waals surface area contributed by atoms with Gasteiger partial charge >= 0.3 is 0 Å². The largest absolute Gasteiger partial charge is 0.494 e. The van der Waals surface area contributed by atoms with Crippen LogP contribution in [0, 0.1) is 5.82 Å². The molecule has 0 radical (unpaired) electrons. The molecule has 0 spiro atoms. The Morgan fingerprint density at radius 1 is 1.20 bits per heavy atom. The van der Waals surface area contributed by atoms with Gasteiger partial charge in [-0.3, -0.25) is 0 Å². The van der Waals surface area contributed by atoms with Crippen molar-refractivity contribution in [3.63, 3.8) is 0 Å². The molecule has 0 heterocycles. The highest BCUT2D eigenvalue weighted by Gasteiger charge is 2.14. The van der Waals surface area contributed by atoms with E-state index in [0.29, 0.717) is 17.2 Å². The number of nitrogens with two attached hydrogens (primary N) is 1. The van der Waals surface area contributed by atoms with Gasteiger partial charge in [0.1, 0.15) is 11.6 Å². The lowest BCUT2D eigenvalue weighted by Crippen LogP contribution is -2.13. The van der Waals surface area contributed by atoms with Crippen molar-refractivity contribution in [2.24, 2.45) is 5.73 Å². The number of halogens is 2. The van der Waals surface area contributed by atoms with Crippen molar-refractivity contribution in [3.8, 4) is 5.75 Å². The van der Waals surface area contributed by atoms with Crippen molar-refractivity contribution >= 4 is 11.6 Å². The van der Waals surface area contributed by atoms with Gasteiger partial charge in [-0.05, 0) is 42.3 Å². The summed E-state index contributed by atoms with van der Waals surface area (Å²) in [7, 11) is 0. The van der Waals surface area contributed by atoms with Crippen molar-refractivity contribution < 1.29 is 9.13 Å². The molecule has 0 fully saturated rings. The summed E-state index contributed by atoms with van der Waals surface area (Å²) in [4.78, 5) is 0. The number of hydrogen-bond acceptors (Lipinski definition) is 2. The summed E-state index contributed by atoms with van der Waals surface area (Å²) in [5.74, 6) is 0.433. The molecule has 0 saturated heterocycles. The second-order valence-corrected chi connectivity index (χ2v) is 5.00. The summed E-state index contributed by atoms with van der Waals surface area (Å²) in [6, 6.07) is 11.2. The number of hydrogen-bond donors (Lipinski definition) is 1. The van der Waals surface area contributed by atoms with Gasteiger partial charge in [0.05, 0.1) is 12.6 Å². The number of ether oxygens (including phenoxy) is 1. The zero-order valence-electron chi connectivity index (χ0n) is 11.3. The van der Waals surface area contributed by atoms with Crippen LogP contribution in [-0.4, -0.2) is 6.61 Å². The fourth-order valence-corrected chi connectivity index (χ4v) is 2.10. The third-order valence-electron chi connectivity index (χ3n) is 3.01. The molecule has 0 saturated carbocycles. The van der Waals surface area contributed by atoms with Gasteiger partial charge in [0, 0.05) is 10.6 Å². The molecule has 1 unspecified atom stereocenters. The second-order valence-electron chi connectivity index (χ2n) is 4.56. The average molecular weight is 294 g/mol. The Morgan fingerprint density at radius 3 is 2.55 bits per heavy atom. The summed E-state index contributed by atoms with van der Waals surface area (Å²) < 4.78 is 19.3. The van der Waals surface area contributed by atoms with Crippen LogP contribution in [0.25, 0.3) is 0 Å². The van der Waals surface area contributed by atoms with Crippen LogP contribution >= 0.6 is 11.6 Å². The molecule has 0 amide bonds. The maximum Gasteiger partial charge on any atom is 0.128 e. The Kier molecular flexibility index (Phi) is 4.99. The van der Waals surface area contributed by atoms with Crippen LogP contribution in [0.1, 0.15) is 30.5 Å². The lowest BCUT2D eigenvalue weighted by Gasteiger charge is -2.14. The molecule has 0 aliphatic heterocycles. The van der Waals surface area contributed by atoms with Crippen LogP contribution < -0.4 is 10.5 Å². The van der Waals surface area contributed by atoms with Gasteiger partial charge in [-0.15, -0.1) is 0 Å². The van der Waals surface area contributed by atoms with E-state index < -0.39 is 6.04 Å². The number of rotatable bonds is 5. The highest BCUT2D eigenvalue weighted by Crippen LogP contribution is 2.26. The van der Waals surface area contributed by atoms with E-state index in [-0.39, 0.29) is 5.82 Å². The minimum absolute atomic E-state index is 0.354. The van der Waals surface area contributed by atoms with E-state index in [1.807, 2.05) is 31.2 Å². The first-order chi connectivity index (χ1) is 9.61. The second kappa shape index (κ2) is 6.73. The molecule has 2 aromatic rings. The van der Waals surface area contributed by atoms with Crippen molar-refractivity contribution in [1.29, 1.82) is 0 Å². The maximum atomic E-state index is 13.8. The highest BCUT2D eigenvalue weighted by atomic mass is 35.5. The van der Waals surface area contributed by atoms with Crippen LogP contribution in [0.2, 0.25) is 5.02 Å². The van der Waals surface area contributed by atoms with Gasteiger partial charge in [0.15, 0.2) is 0 Å². The van der Waals surface area contributed by atoms with E-state index in [4.69, 9.17) is 22.1 Å². The molecule has 0 aliphatic rings. The lowest BCUT2D eigenvalue weighted by molar-refractivity contribution is 0.317.